The number of nitrogens with two attached hydrogens (primary N) is 1. The molecular weight excluding hydrogens is 351 g/mol. The van der Waals surface area contributed by atoms with Gasteiger partial charge in [0.1, 0.15) is 18.4 Å². The van der Waals surface area contributed by atoms with Crippen LogP contribution in [0, 0.1) is 16.9 Å². The minimum absolute atomic E-state index is 0.0534. The molecule has 2 aromatic rings. The molecule has 0 aliphatic rings. The molecular formula is C16H15F3N5O2+. The van der Waals surface area contributed by atoms with Gasteiger partial charge in [-0.3, -0.25) is 0 Å². The number of pyridine rings is 1. The summed E-state index contributed by atoms with van der Waals surface area (Å²) >= 11 is 0. The smallest absolute Gasteiger partial charge is 0.419 e. The summed E-state index contributed by atoms with van der Waals surface area (Å²) in [6, 6.07) is 6.64. The van der Waals surface area contributed by atoms with E-state index in [0.29, 0.717) is 5.69 Å². The van der Waals surface area contributed by atoms with Crippen LogP contribution in [0.25, 0.3) is 11.3 Å². The van der Waals surface area contributed by atoms with E-state index >= 15 is 0 Å². The maximum Gasteiger partial charge on any atom is 0.419 e. The Balaban J connectivity index is 2.62. The van der Waals surface area contributed by atoms with Crippen LogP contribution >= 0.6 is 0 Å². The van der Waals surface area contributed by atoms with Crippen LogP contribution in [0.2, 0.25) is 0 Å². The third-order valence-electron chi connectivity index (χ3n) is 3.48. The zero-order valence-electron chi connectivity index (χ0n) is 13.6. The predicted molar refractivity (Wildman–Crippen MR) is 84.3 cm³/mol. The molecule has 26 heavy (non-hydrogen) atoms. The summed E-state index contributed by atoms with van der Waals surface area (Å²) < 4.78 is 44.9. The summed E-state index contributed by atoms with van der Waals surface area (Å²) in [5.74, 6) is -0.407. The number of hydrogen-bond donors (Lipinski definition) is 3. The summed E-state index contributed by atoms with van der Waals surface area (Å²) in [5, 5.41) is 22.8. The molecule has 0 atom stereocenters. The summed E-state index contributed by atoms with van der Waals surface area (Å²) in [5.41, 5.74) is 6.71. The topological polar surface area (TPSA) is 119 Å². The van der Waals surface area contributed by atoms with Gasteiger partial charge < -0.3 is 15.2 Å². The third kappa shape index (κ3) is 3.96. The molecule has 10 heteroatoms. The van der Waals surface area contributed by atoms with Gasteiger partial charge in [-0.2, -0.15) is 18.4 Å². The van der Waals surface area contributed by atoms with Crippen LogP contribution in [0.3, 0.4) is 0 Å². The molecule has 0 bridgehead atoms. The highest BCUT2D eigenvalue weighted by atomic mass is 19.4. The monoisotopic (exact) mass is 366 g/mol. The molecule has 0 aliphatic heterocycles. The highest BCUT2D eigenvalue weighted by molar-refractivity contribution is 5.72. The average molecular weight is 366 g/mol. The van der Waals surface area contributed by atoms with E-state index in [1.54, 1.807) is 18.4 Å². The number of aliphatic hydroxyl groups is 1. The van der Waals surface area contributed by atoms with Crippen molar-refractivity contribution in [1.29, 1.82) is 10.8 Å². The van der Waals surface area contributed by atoms with Crippen LogP contribution < -0.4 is 10.1 Å². The number of hydrogen-bond acceptors (Lipinski definition) is 6. The van der Waals surface area contributed by atoms with Gasteiger partial charge in [0.25, 0.3) is 0 Å². The largest absolute Gasteiger partial charge is 0.491 e. The van der Waals surface area contributed by atoms with Crippen molar-refractivity contribution in [3.05, 3.63) is 35.5 Å². The molecule has 0 saturated heterocycles. The summed E-state index contributed by atoms with van der Waals surface area (Å²) in [6.45, 7) is -0.687. The Morgan fingerprint density at radius 3 is 2.65 bits per heavy atom. The molecule has 0 saturated carbocycles. The Morgan fingerprint density at radius 1 is 1.38 bits per heavy atom. The molecule has 0 amide bonds. The molecule has 0 aliphatic carbocycles. The van der Waals surface area contributed by atoms with Crippen molar-refractivity contribution in [3.63, 3.8) is 0 Å². The first kappa shape index (κ1) is 19.3. The lowest BCUT2D eigenvalue weighted by Gasteiger charge is -2.15. The zero-order chi connectivity index (χ0) is 19.3. The molecule has 0 radical (unpaired) electrons. The highest BCUT2D eigenvalue weighted by Gasteiger charge is 2.35. The van der Waals surface area contributed by atoms with Gasteiger partial charge in [-0.1, -0.05) is 0 Å². The van der Waals surface area contributed by atoms with Crippen molar-refractivity contribution >= 4 is 11.4 Å². The van der Waals surface area contributed by atoms with Crippen molar-refractivity contribution in [2.24, 2.45) is 5.11 Å². The quantitative estimate of drug-likeness (QED) is 0.681. The van der Waals surface area contributed by atoms with Crippen LogP contribution in [0.4, 0.5) is 24.5 Å². The molecule has 1 heterocycles. The first-order valence-corrected chi connectivity index (χ1v) is 7.43. The number of rotatable bonds is 6. The first-order chi connectivity index (χ1) is 12.3. The first-order valence-electron chi connectivity index (χ1n) is 7.43. The van der Waals surface area contributed by atoms with Crippen LogP contribution in [0.15, 0.2) is 29.4 Å². The second-order valence-electron chi connectivity index (χ2n) is 5.09. The number of nitrogens with zero attached hydrogens (tertiary/aromatic N) is 3. The summed E-state index contributed by atoms with van der Waals surface area (Å²) in [6.07, 6.45) is -4.67. The summed E-state index contributed by atoms with van der Waals surface area (Å²) in [4.78, 5) is 4.01. The fraction of sp³-hybridized carbons (Fsp3) is 0.250. The Bertz CT molecular complexity index is 862. The van der Waals surface area contributed by atoms with E-state index in [1.807, 2.05) is 0 Å². The van der Waals surface area contributed by atoms with Crippen molar-refractivity contribution in [2.45, 2.75) is 6.18 Å². The van der Waals surface area contributed by atoms with Gasteiger partial charge in [0, 0.05) is 11.6 Å². The third-order valence-corrected chi connectivity index (χ3v) is 3.48. The lowest BCUT2D eigenvalue weighted by molar-refractivity contribution is -0.538. The average Bonchev–Trinajstić information content (AvgIpc) is 2.64. The van der Waals surface area contributed by atoms with E-state index in [2.05, 4.69) is 10.1 Å². The van der Waals surface area contributed by atoms with Crippen LogP contribution in [-0.2, 0) is 6.18 Å². The molecule has 0 unspecified atom stereocenters. The van der Waals surface area contributed by atoms with E-state index in [-0.39, 0.29) is 29.2 Å². The number of halogens is 3. The number of ether oxygens (including phenoxy) is 1. The molecule has 2 rings (SSSR count). The van der Waals surface area contributed by atoms with E-state index in [4.69, 9.17) is 15.4 Å². The second-order valence-corrected chi connectivity index (χ2v) is 5.09. The normalized spacial score (nSPS) is 11.1. The number of quaternary nitrogens is 1. The van der Waals surface area contributed by atoms with Crippen molar-refractivity contribution < 1.29 is 28.3 Å². The van der Waals surface area contributed by atoms with E-state index in [9.17, 15) is 18.4 Å². The zero-order valence-corrected chi connectivity index (χ0v) is 13.6. The molecule has 1 aromatic carbocycles. The molecule has 7 nitrogen and oxygen atoms in total. The molecule has 0 spiro atoms. The minimum Gasteiger partial charge on any atom is -0.491 e. The van der Waals surface area contributed by atoms with Gasteiger partial charge in [0.15, 0.2) is 17.1 Å². The van der Waals surface area contributed by atoms with Gasteiger partial charge in [0.2, 0.25) is 0 Å². The number of nitriles is 1. The Hall–Kier alpha value is -3.03. The minimum atomic E-state index is -4.67. The highest BCUT2D eigenvalue weighted by Crippen LogP contribution is 2.39. The van der Waals surface area contributed by atoms with E-state index in [1.165, 1.54) is 12.1 Å². The van der Waals surface area contributed by atoms with Gasteiger partial charge >= 0.3 is 6.18 Å². The number of aromatic nitrogens is 1. The number of alkyl halides is 3. The fourth-order valence-electron chi connectivity index (χ4n) is 2.31. The van der Waals surface area contributed by atoms with E-state index in [0.717, 1.165) is 12.1 Å². The van der Waals surface area contributed by atoms with Gasteiger partial charge in [-0.15, -0.1) is 5.11 Å². The summed E-state index contributed by atoms with van der Waals surface area (Å²) in [7, 11) is 1.65. The van der Waals surface area contributed by atoms with Crippen molar-refractivity contribution in [2.75, 3.05) is 20.3 Å². The fourth-order valence-corrected chi connectivity index (χ4v) is 2.31. The number of benzene rings is 1. The molecule has 1 aromatic heterocycles. The standard InChI is InChI=1S/C16H14F3N5O2/c1-22-12-7-11(23-13(8-20)15(12)24-21)9-2-3-14(26-5-4-25)10(6-9)16(17,18)19/h2-3,6-7,21,25H,4-5H2,1H3,(H,22,23)/p+1. The maximum atomic E-state index is 13.3. The lowest BCUT2D eigenvalue weighted by atomic mass is 10.0. The van der Waals surface area contributed by atoms with Gasteiger partial charge in [-0.25, -0.2) is 10.5 Å². The Kier molecular flexibility index (Phi) is 5.86. The lowest BCUT2D eigenvalue weighted by Crippen LogP contribution is -2.72. The van der Waals surface area contributed by atoms with Crippen molar-refractivity contribution in [3.8, 4) is 23.1 Å². The number of aliphatic hydroxyl groups excluding tert-OH is 1. The SMILES string of the molecule is C[NH2+]c1cc(-c2ccc(OCCO)c(C(F)(F)F)c2)nc(C#N)c1N=N. The van der Waals surface area contributed by atoms with Crippen LogP contribution in [0.1, 0.15) is 11.3 Å². The second kappa shape index (κ2) is 7.90. The van der Waals surface area contributed by atoms with Crippen LogP contribution in [0.5, 0.6) is 5.75 Å². The maximum absolute atomic E-state index is 13.3. The van der Waals surface area contributed by atoms with Gasteiger partial charge in [0.05, 0.1) is 24.9 Å². The van der Waals surface area contributed by atoms with Gasteiger partial charge in [-0.05, 0) is 18.2 Å². The van der Waals surface area contributed by atoms with Crippen LogP contribution in [-0.4, -0.2) is 30.4 Å². The Morgan fingerprint density at radius 2 is 2.12 bits per heavy atom. The Labute approximate surface area is 146 Å². The molecule has 4 N–H and O–H groups in total. The molecule has 0 fully saturated rings. The van der Waals surface area contributed by atoms with Crippen molar-refractivity contribution in [1.82, 2.24) is 4.98 Å². The molecule has 136 valence electrons. The van der Waals surface area contributed by atoms with E-state index < -0.39 is 24.1 Å². The number of nitrogens with one attached hydrogen (secondary N) is 1. The predicted octanol–water partition coefficient (Wildman–Crippen LogP) is 2.50.